The van der Waals surface area contributed by atoms with E-state index in [4.69, 9.17) is 5.11 Å². The van der Waals surface area contributed by atoms with E-state index in [1.807, 2.05) is 0 Å². The van der Waals surface area contributed by atoms with E-state index in [1.165, 1.54) is 19.3 Å². The Hall–Kier alpha value is -0.540. The first-order valence-corrected chi connectivity index (χ1v) is 5.86. The molecule has 0 aliphatic heterocycles. The third-order valence-corrected chi connectivity index (χ3v) is 3.63. The second-order valence-corrected chi connectivity index (χ2v) is 4.73. The number of carbonyl (C=O) groups is 1. The fourth-order valence-corrected chi connectivity index (χ4v) is 2.77. The van der Waals surface area contributed by atoms with E-state index in [1.54, 1.807) is 0 Å². The molecule has 3 rings (SSSR count). The van der Waals surface area contributed by atoms with Crippen LogP contribution in [0.1, 0.15) is 25.7 Å². The highest BCUT2D eigenvalue weighted by Gasteiger charge is 2.31. The summed E-state index contributed by atoms with van der Waals surface area (Å²) < 4.78 is 0. The number of allylic oxidation sites excluding steroid dienone is 2. The van der Waals surface area contributed by atoms with E-state index in [0.29, 0.717) is 6.54 Å². The van der Waals surface area contributed by atoms with Gasteiger partial charge in [-0.15, -0.1) is 12.4 Å². The SMILES string of the molecule is Cl.O=C(O)CCNCC1CC2C=CC1CC2. The van der Waals surface area contributed by atoms with Crippen molar-refractivity contribution in [3.8, 4) is 0 Å². The molecular formula is C12H20ClNO2. The van der Waals surface area contributed by atoms with Gasteiger partial charge in [0.2, 0.25) is 0 Å². The number of hydrogen-bond donors (Lipinski definition) is 2. The van der Waals surface area contributed by atoms with E-state index >= 15 is 0 Å². The molecule has 3 aliphatic carbocycles. The van der Waals surface area contributed by atoms with Gasteiger partial charge < -0.3 is 10.4 Å². The number of aliphatic carboxylic acids is 1. The summed E-state index contributed by atoms with van der Waals surface area (Å²) in [5.41, 5.74) is 0. The van der Waals surface area contributed by atoms with E-state index < -0.39 is 5.97 Å². The molecule has 1 fully saturated rings. The fraction of sp³-hybridized carbons (Fsp3) is 0.750. The number of carboxylic acid groups (broad SMARTS) is 1. The van der Waals surface area contributed by atoms with Crippen molar-refractivity contribution in [2.24, 2.45) is 17.8 Å². The van der Waals surface area contributed by atoms with Gasteiger partial charge in [-0.25, -0.2) is 0 Å². The van der Waals surface area contributed by atoms with Gasteiger partial charge in [0, 0.05) is 6.54 Å². The molecule has 92 valence electrons. The number of nitrogens with one attached hydrogen (secondary N) is 1. The number of fused-ring (bicyclic) bond motifs is 2. The Morgan fingerprint density at radius 2 is 2.19 bits per heavy atom. The second-order valence-electron chi connectivity index (χ2n) is 4.73. The maximum Gasteiger partial charge on any atom is 0.304 e. The number of rotatable bonds is 5. The Balaban J connectivity index is 0.00000128. The molecule has 1 saturated carbocycles. The Bertz CT molecular complexity index is 268. The maximum atomic E-state index is 10.3. The summed E-state index contributed by atoms with van der Waals surface area (Å²) in [6.07, 6.45) is 8.93. The van der Waals surface area contributed by atoms with Crippen LogP contribution in [-0.4, -0.2) is 24.2 Å². The van der Waals surface area contributed by atoms with Crippen molar-refractivity contribution in [2.75, 3.05) is 13.1 Å². The normalized spacial score (nSPS) is 31.1. The minimum Gasteiger partial charge on any atom is -0.481 e. The van der Waals surface area contributed by atoms with Crippen LogP contribution in [0.25, 0.3) is 0 Å². The molecule has 4 heteroatoms. The van der Waals surface area contributed by atoms with Gasteiger partial charge in [0.15, 0.2) is 0 Å². The molecule has 2 bridgehead atoms. The number of hydrogen-bond acceptors (Lipinski definition) is 2. The van der Waals surface area contributed by atoms with Crippen molar-refractivity contribution in [1.82, 2.24) is 5.32 Å². The summed E-state index contributed by atoms with van der Waals surface area (Å²) >= 11 is 0. The van der Waals surface area contributed by atoms with Gasteiger partial charge in [0.05, 0.1) is 6.42 Å². The quantitative estimate of drug-likeness (QED) is 0.576. The molecule has 0 amide bonds. The van der Waals surface area contributed by atoms with Gasteiger partial charge in [0.25, 0.3) is 0 Å². The Labute approximate surface area is 103 Å². The lowest BCUT2D eigenvalue weighted by Gasteiger charge is -2.38. The van der Waals surface area contributed by atoms with Gasteiger partial charge >= 0.3 is 5.97 Å². The first-order chi connectivity index (χ1) is 7.25. The van der Waals surface area contributed by atoms with Crippen LogP contribution < -0.4 is 5.32 Å². The summed E-state index contributed by atoms with van der Waals surface area (Å²) in [4.78, 5) is 10.3. The second kappa shape index (κ2) is 6.26. The predicted octanol–water partition coefficient (Wildman–Crippen LogP) is 2.07. The lowest BCUT2D eigenvalue weighted by atomic mass is 9.69. The van der Waals surface area contributed by atoms with Crippen LogP contribution in [0, 0.1) is 17.8 Å². The van der Waals surface area contributed by atoms with Gasteiger partial charge in [-0.05, 0) is 43.6 Å². The molecule has 16 heavy (non-hydrogen) atoms. The highest BCUT2D eigenvalue weighted by Crippen LogP contribution is 2.39. The van der Waals surface area contributed by atoms with Crippen molar-refractivity contribution in [3.63, 3.8) is 0 Å². The highest BCUT2D eigenvalue weighted by molar-refractivity contribution is 5.85. The molecule has 0 aromatic carbocycles. The monoisotopic (exact) mass is 245 g/mol. The summed E-state index contributed by atoms with van der Waals surface area (Å²) in [5.74, 6) is 1.56. The zero-order valence-electron chi connectivity index (χ0n) is 9.39. The molecule has 0 radical (unpaired) electrons. The van der Waals surface area contributed by atoms with E-state index in [0.717, 1.165) is 24.3 Å². The lowest BCUT2D eigenvalue weighted by Crippen LogP contribution is -2.35. The molecule has 0 aromatic rings. The van der Waals surface area contributed by atoms with Crippen molar-refractivity contribution in [3.05, 3.63) is 12.2 Å². The van der Waals surface area contributed by atoms with Crippen LogP contribution in [0.3, 0.4) is 0 Å². The molecule has 0 aromatic heterocycles. The van der Waals surface area contributed by atoms with Crippen molar-refractivity contribution >= 4 is 18.4 Å². The van der Waals surface area contributed by atoms with Gasteiger partial charge in [-0.3, -0.25) is 4.79 Å². The van der Waals surface area contributed by atoms with Gasteiger partial charge in [0.1, 0.15) is 0 Å². The average molecular weight is 246 g/mol. The van der Waals surface area contributed by atoms with Gasteiger partial charge in [-0.2, -0.15) is 0 Å². The zero-order valence-corrected chi connectivity index (χ0v) is 10.2. The minimum absolute atomic E-state index is 0. The minimum atomic E-state index is -0.715. The van der Waals surface area contributed by atoms with Crippen LogP contribution in [-0.2, 0) is 4.79 Å². The summed E-state index contributed by atoms with van der Waals surface area (Å²) in [7, 11) is 0. The molecule has 0 saturated heterocycles. The van der Waals surface area contributed by atoms with Gasteiger partial charge in [-0.1, -0.05) is 12.2 Å². The lowest BCUT2D eigenvalue weighted by molar-refractivity contribution is -0.136. The van der Waals surface area contributed by atoms with Crippen LogP contribution in [0.5, 0.6) is 0 Å². The summed E-state index contributed by atoms with van der Waals surface area (Å²) in [6, 6.07) is 0. The molecule has 0 heterocycles. The Morgan fingerprint density at radius 1 is 1.38 bits per heavy atom. The predicted molar refractivity (Wildman–Crippen MR) is 65.8 cm³/mol. The average Bonchev–Trinajstić information content (AvgIpc) is 2.26. The van der Waals surface area contributed by atoms with E-state index in [2.05, 4.69) is 17.5 Å². The Morgan fingerprint density at radius 3 is 2.69 bits per heavy atom. The maximum absolute atomic E-state index is 10.3. The van der Waals surface area contributed by atoms with Crippen molar-refractivity contribution in [2.45, 2.75) is 25.7 Å². The largest absolute Gasteiger partial charge is 0.481 e. The molecular weight excluding hydrogens is 226 g/mol. The standard InChI is InChI=1S/C12H19NO2.ClH/c14-12(15)5-6-13-8-11-7-9-1-3-10(11)4-2-9;/h1,3,9-11,13H,2,4-8H2,(H,14,15);1H. The van der Waals surface area contributed by atoms with Crippen molar-refractivity contribution in [1.29, 1.82) is 0 Å². The third kappa shape index (κ3) is 3.49. The topological polar surface area (TPSA) is 49.3 Å². The molecule has 3 unspecified atom stereocenters. The molecule has 0 spiro atoms. The Kier molecular flexibility index (Phi) is 5.29. The molecule has 2 N–H and O–H groups in total. The highest BCUT2D eigenvalue weighted by atomic mass is 35.5. The zero-order chi connectivity index (χ0) is 10.7. The van der Waals surface area contributed by atoms with Crippen LogP contribution in [0.4, 0.5) is 0 Å². The number of halogens is 1. The van der Waals surface area contributed by atoms with Crippen LogP contribution in [0.2, 0.25) is 0 Å². The summed E-state index contributed by atoms with van der Waals surface area (Å²) in [6.45, 7) is 1.59. The van der Waals surface area contributed by atoms with Crippen LogP contribution in [0.15, 0.2) is 12.2 Å². The molecule has 3 nitrogen and oxygen atoms in total. The van der Waals surface area contributed by atoms with Crippen LogP contribution >= 0.6 is 12.4 Å². The third-order valence-electron chi connectivity index (χ3n) is 3.63. The molecule has 3 atom stereocenters. The smallest absolute Gasteiger partial charge is 0.304 e. The summed E-state index contributed by atoms with van der Waals surface area (Å²) in [5, 5.41) is 11.8. The fourth-order valence-electron chi connectivity index (χ4n) is 2.77. The molecule has 3 aliphatic rings. The first kappa shape index (κ1) is 13.5. The van der Waals surface area contributed by atoms with E-state index in [-0.39, 0.29) is 18.8 Å². The van der Waals surface area contributed by atoms with Crippen molar-refractivity contribution < 1.29 is 9.90 Å². The number of carboxylic acids is 1. The first-order valence-electron chi connectivity index (χ1n) is 5.86. The van der Waals surface area contributed by atoms with E-state index in [9.17, 15) is 4.79 Å².